The summed E-state index contributed by atoms with van der Waals surface area (Å²) < 4.78 is 17.1. The maximum Gasteiger partial charge on any atom is 0.369 e. The largest absolute Gasteiger partial charge is 0.464 e. The molecule has 6 nitrogen and oxygen atoms in total. The highest BCUT2D eigenvalue weighted by molar-refractivity contribution is 5.97. The molecular formula is C30H27NO5. The summed E-state index contributed by atoms with van der Waals surface area (Å²) in [5, 5.41) is 1.82. The van der Waals surface area contributed by atoms with Gasteiger partial charge in [-0.2, -0.15) is 0 Å². The molecule has 0 spiro atoms. The molecule has 1 aliphatic rings. The number of nitrogens with zero attached hydrogens (tertiary/aromatic N) is 1. The first-order valence-electron chi connectivity index (χ1n) is 12.1. The smallest absolute Gasteiger partial charge is 0.369 e. The Morgan fingerprint density at radius 1 is 0.750 bits per heavy atom. The lowest BCUT2D eigenvalue weighted by Crippen LogP contribution is -2.53. The fourth-order valence-corrected chi connectivity index (χ4v) is 4.68. The predicted molar refractivity (Wildman–Crippen MR) is 139 cm³/mol. The molecule has 2 atom stereocenters. The van der Waals surface area contributed by atoms with Gasteiger partial charge in [-0.05, 0) is 53.9 Å². The molecular weight excluding hydrogens is 454 g/mol. The van der Waals surface area contributed by atoms with Gasteiger partial charge in [0.05, 0.1) is 13.2 Å². The number of carbonyl (C=O) groups is 2. The molecule has 4 aromatic carbocycles. The van der Waals surface area contributed by atoms with E-state index in [0.717, 1.165) is 21.9 Å². The van der Waals surface area contributed by atoms with E-state index >= 15 is 0 Å². The number of ether oxygens (including phenoxy) is 3. The lowest BCUT2D eigenvalue weighted by molar-refractivity contribution is -0.154. The van der Waals surface area contributed by atoms with Crippen molar-refractivity contribution in [1.82, 2.24) is 0 Å². The van der Waals surface area contributed by atoms with E-state index in [4.69, 9.17) is 14.2 Å². The maximum atomic E-state index is 13.5. The van der Waals surface area contributed by atoms with E-state index in [1.54, 1.807) is 24.8 Å². The molecule has 0 radical (unpaired) electrons. The van der Waals surface area contributed by atoms with Crippen molar-refractivity contribution in [1.29, 1.82) is 0 Å². The van der Waals surface area contributed by atoms with Crippen LogP contribution >= 0.6 is 0 Å². The topological polar surface area (TPSA) is 65.1 Å². The number of hydrogen-bond acceptors (Lipinski definition) is 6. The Balaban J connectivity index is 1.68. The first-order valence-corrected chi connectivity index (χ1v) is 12.1. The van der Waals surface area contributed by atoms with Gasteiger partial charge >= 0.3 is 11.9 Å². The third-order valence-electron chi connectivity index (χ3n) is 6.24. The zero-order valence-electron chi connectivity index (χ0n) is 20.2. The SMILES string of the molecule is CCOC(=O)C1c2c(ccc3ccccc23)O[C@@H](C(=O)OCC)N1c1ccc(-c2ccccc2)cc1. The van der Waals surface area contributed by atoms with Crippen molar-refractivity contribution in [2.45, 2.75) is 26.1 Å². The van der Waals surface area contributed by atoms with Crippen LogP contribution in [0.15, 0.2) is 91.0 Å². The van der Waals surface area contributed by atoms with Crippen molar-refractivity contribution in [2.24, 2.45) is 0 Å². The summed E-state index contributed by atoms with van der Waals surface area (Å²) in [6, 6.07) is 28.3. The van der Waals surface area contributed by atoms with Crippen molar-refractivity contribution in [3.63, 3.8) is 0 Å². The van der Waals surface area contributed by atoms with Crippen LogP contribution in [0.2, 0.25) is 0 Å². The zero-order valence-corrected chi connectivity index (χ0v) is 20.2. The second kappa shape index (κ2) is 10.1. The molecule has 0 saturated heterocycles. The van der Waals surface area contributed by atoms with Crippen LogP contribution in [0.4, 0.5) is 5.69 Å². The number of carbonyl (C=O) groups excluding carboxylic acids is 2. The lowest BCUT2D eigenvalue weighted by atomic mass is 9.94. The van der Waals surface area contributed by atoms with E-state index in [1.807, 2.05) is 84.9 Å². The minimum absolute atomic E-state index is 0.189. The molecule has 182 valence electrons. The van der Waals surface area contributed by atoms with Gasteiger partial charge in [-0.3, -0.25) is 0 Å². The Morgan fingerprint density at radius 2 is 1.39 bits per heavy atom. The van der Waals surface area contributed by atoms with Gasteiger partial charge in [0.2, 0.25) is 0 Å². The first kappa shape index (κ1) is 23.4. The maximum absolute atomic E-state index is 13.5. The standard InChI is InChI=1S/C30H27NO5/c1-3-34-29(32)27-26-24-13-9-8-12-22(24)16-19-25(26)36-28(30(33)35-4-2)31(27)23-17-14-21(15-18-23)20-10-6-5-7-11-20/h5-19,27-28H,3-4H2,1-2H3/t27?,28-/m0/s1. The van der Waals surface area contributed by atoms with Crippen LogP contribution in [-0.2, 0) is 19.1 Å². The van der Waals surface area contributed by atoms with Crippen LogP contribution in [-0.4, -0.2) is 31.4 Å². The molecule has 6 heteroatoms. The minimum Gasteiger partial charge on any atom is -0.464 e. The summed E-state index contributed by atoms with van der Waals surface area (Å²) in [5.41, 5.74) is 3.39. The Kier molecular flexibility index (Phi) is 6.58. The van der Waals surface area contributed by atoms with Crippen molar-refractivity contribution in [2.75, 3.05) is 18.1 Å². The van der Waals surface area contributed by atoms with Gasteiger partial charge in [-0.1, -0.05) is 72.8 Å². The van der Waals surface area contributed by atoms with Crippen LogP contribution in [0.3, 0.4) is 0 Å². The van der Waals surface area contributed by atoms with Gasteiger partial charge in [-0.25, -0.2) is 9.59 Å². The zero-order chi connectivity index (χ0) is 25.1. The second-order valence-electron chi connectivity index (χ2n) is 8.40. The second-order valence-corrected chi connectivity index (χ2v) is 8.40. The van der Waals surface area contributed by atoms with E-state index in [1.165, 1.54) is 0 Å². The number of fused-ring (bicyclic) bond motifs is 3. The van der Waals surface area contributed by atoms with Crippen LogP contribution < -0.4 is 9.64 Å². The number of rotatable bonds is 6. The van der Waals surface area contributed by atoms with E-state index in [-0.39, 0.29) is 13.2 Å². The highest BCUT2D eigenvalue weighted by Gasteiger charge is 2.46. The summed E-state index contributed by atoms with van der Waals surface area (Å²) >= 11 is 0. The average Bonchev–Trinajstić information content (AvgIpc) is 2.92. The highest BCUT2D eigenvalue weighted by Crippen LogP contribution is 2.44. The Labute approximate surface area is 210 Å². The molecule has 0 fully saturated rings. The Hall–Kier alpha value is -4.32. The predicted octanol–water partition coefficient (Wildman–Crippen LogP) is 5.90. The molecule has 1 unspecified atom stereocenters. The van der Waals surface area contributed by atoms with E-state index in [2.05, 4.69) is 0 Å². The molecule has 36 heavy (non-hydrogen) atoms. The summed E-state index contributed by atoms with van der Waals surface area (Å²) in [6.07, 6.45) is -1.16. The molecule has 1 heterocycles. The van der Waals surface area contributed by atoms with Gasteiger partial charge in [-0.15, -0.1) is 0 Å². The fraction of sp³-hybridized carbons (Fsp3) is 0.200. The molecule has 0 amide bonds. The number of hydrogen-bond donors (Lipinski definition) is 0. The first-order chi connectivity index (χ1) is 17.6. The van der Waals surface area contributed by atoms with Gasteiger partial charge in [0.1, 0.15) is 5.75 Å². The Bertz CT molecular complexity index is 1380. The molecule has 1 aliphatic heterocycles. The summed E-state index contributed by atoms with van der Waals surface area (Å²) in [6.45, 7) is 3.91. The molecule has 0 saturated carbocycles. The van der Waals surface area contributed by atoms with Gasteiger partial charge < -0.3 is 19.1 Å². The Morgan fingerprint density at radius 3 is 2.11 bits per heavy atom. The molecule has 0 N–H and O–H groups in total. The van der Waals surface area contributed by atoms with Crippen molar-refractivity contribution < 1.29 is 23.8 Å². The third-order valence-corrected chi connectivity index (χ3v) is 6.24. The number of anilines is 1. The van der Waals surface area contributed by atoms with Crippen molar-refractivity contribution in [3.8, 4) is 16.9 Å². The average molecular weight is 482 g/mol. The summed E-state index contributed by atoms with van der Waals surface area (Å²) in [4.78, 5) is 28.3. The summed E-state index contributed by atoms with van der Waals surface area (Å²) in [7, 11) is 0. The van der Waals surface area contributed by atoms with Crippen LogP contribution in [0.1, 0.15) is 25.5 Å². The molecule has 0 aliphatic carbocycles. The van der Waals surface area contributed by atoms with Gasteiger partial charge in [0.25, 0.3) is 6.23 Å². The number of benzene rings is 4. The normalized spacial score (nSPS) is 16.7. The van der Waals surface area contributed by atoms with Gasteiger partial charge in [0, 0.05) is 11.3 Å². The monoisotopic (exact) mass is 481 g/mol. The fourth-order valence-electron chi connectivity index (χ4n) is 4.68. The number of esters is 2. The van der Waals surface area contributed by atoms with Crippen LogP contribution in [0, 0.1) is 0 Å². The summed E-state index contributed by atoms with van der Waals surface area (Å²) in [5.74, 6) is -0.570. The van der Waals surface area contributed by atoms with E-state index in [0.29, 0.717) is 17.0 Å². The van der Waals surface area contributed by atoms with Crippen LogP contribution in [0.25, 0.3) is 21.9 Å². The third kappa shape index (κ3) is 4.26. The molecule has 4 aromatic rings. The van der Waals surface area contributed by atoms with Crippen LogP contribution in [0.5, 0.6) is 5.75 Å². The highest BCUT2D eigenvalue weighted by atomic mass is 16.6. The molecule has 5 rings (SSSR count). The van der Waals surface area contributed by atoms with E-state index in [9.17, 15) is 9.59 Å². The molecule has 0 bridgehead atoms. The minimum atomic E-state index is -1.16. The lowest BCUT2D eigenvalue weighted by Gasteiger charge is -2.42. The van der Waals surface area contributed by atoms with E-state index < -0.39 is 24.2 Å². The van der Waals surface area contributed by atoms with Crippen molar-refractivity contribution >= 4 is 28.4 Å². The quantitative estimate of drug-likeness (QED) is 0.320. The van der Waals surface area contributed by atoms with Gasteiger partial charge in [0.15, 0.2) is 6.04 Å². The molecule has 0 aromatic heterocycles. The van der Waals surface area contributed by atoms with Crippen molar-refractivity contribution in [3.05, 3.63) is 96.6 Å².